The number of amides is 1. The number of ether oxygens (including phenoxy) is 1. The first kappa shape index (κ1) is 24.8. The van der Waals surface area contributed by atoms with E-state index >= 15 is 0 Å². The van der Waals surface area contributed by atoms with Crippen LogP contribution in [0.4, 0.5) is 5.69 Å². The topological polar surface area (TPSA) is 93.5 Å². The average Bonchev–Trinajstić information content (AvgIpc) is 3.19. The Hall–Kier alpha value is -3.33. The number of fused-ring (bicyclic) bond motifs is 1. The van der Waals surface area contributed by atoms with Crippen LogP contribution in [0.15, 0.2) is 54.9 Å². The molecule has 3 aromatic rings. The predicted octanol–water partition coefficient (Wildman–Crippen LogP) is 3.38. The Morgan fingerprint density at radius 3 is 2.57 bits per heavy atom. The Bertz CT molecular complexity index is 1340. The maximum atomic E-state index is 13.0. The van der Waals surface area contributed by atoms with Gasteiger partial charge < -0.3 is 14.6 Å². The van der Waals surface area contributed by atoms with Gasteiger partial charge in [0.05, 0.1) is 18.5 Å². The maximum Gasteiger partial charge on any atom is 0.263 e. The number of nitrogens with one attached hydrogen (secondary N) is 1. The van der Waals surface area contributed by atoms with Gasteiger partial charge >= 0.3 is 0 Å². The van der Waals surface area contributed by atoms with Crippen LogP contribution in [0.25, 0.3) is 0 Å². The zero-order chi connectivity index (χ0) is 25.4. The van der Waals surface area contributed by atoms with Gasteiger partial charge in [0.2, 0.25) is 10.0 Å². The van der Waals surface area contributed by atoms with Crippen LogP contribution in [-0.4, -0.2) is 42.8 Å². The van der Waals surface area contributed by atoms with Gasteiger partial charge in [-0.15, -0.1) is 0 Å². The molecule has 1 amide bonds. The highest BCUT2D eigenvalue weighted by Gasteiger charge is 2.35. The largest absolute Gasteiger partial charge is 0.476 e. The van der Waals surface area contributed by atoms with Gasteiger partial charge in [0.15, 0.2) is 6.10 Å². The summed E-state index contributed by atoms with van der Waals surface area (Å²) >= 11 is 0. The molecule has 1 aliphatic rings. The summed E-state index contributed by atoms with van der Waals surface area (Å²) in [5.41, 5.74) is 3.34. The standard InChI is InChI=1S/C26H32N4O4S/c1-18-27-11-12-29(18)16-20-8-6-7-19(13-20)15-28-25(31)24-17-30(35(5,32)33)22-14-21(26(2,3)4)9-10-23(22)34-24/h6-14,24H,15-17H2,1-5H3,(H,28,31). The van der Waals surface area contributed by atoms with E-state index in [0.717, 1.165) is 28.8 Å². The number of aromatic nitrogens is 2. The molecular formula is C26H32N4O4S. The Labute approximate surface area is 207 Å². The average molecular weight is 497 g/mol. The number of benzene rings is 2. The highest BCUT2D eigenvalue weighted by atomic mass is 32.2. The van der Waals surface area contributed by atoms with Crippen LogP contribution in [0.1, 0.15) is 43.3 Å². The van der Waals surface area contributed by atoms with Gasteiger partial charge in [0, 0.05) is 25.5 Å². The molecule has 9 heteroatoms. The molecule has 0 spiro atoms. The fourth-order valence-electron chi connectivity index (χ4n) is 4.08. The highest BCUT2D eigenvalue weighted by Crippen LogP contribution is 2.38. The van der Waals surface area contributed by atoms with Crippen molar-refractivity contribution in [2.75, 3.05) is 17.1 Å². The van der Waals surface area contributed by atoms with Crippen LogP contribution in [0.2, 0.25) is 0 Å². The molecule has 8 nitrogen and oxygen atoms in total. The van der Waals surface area contributed by atoms with Crippen molar-refractivity contribution in [3.05, 3.63) is 77.4 Å². The van der Waals surface area contributed by atoms with Crippen molar-refractivity contribution in [3.8, 4) is 5.75 Å². The molecular weight excluding hydrogens is 464 g/mol. The number of aryl methyl sites for hydroxylation is 1. The lowest BCUT2D eigenvalue weighted by atomic mass is 9.86. The Kier molecular flexibility index (Phi) is 6.64. The molecule has 0 fully saturated rings. The van der Waals surface area contributed by atoms with Crippen LogP contribution < -0.4 is 14.4 Å². The molecule has 1 N–H and O–H groups in total. The highest BCUT2D eigenvalue weighted by molar-refractivity contribution is 7.92. The summed E-state index contributed by atoms with van der Waals surface area (Å²) in [7, 11) is -3.60. The molecule has 0 radical (unpaired) electrons. The monoisotopic (exact) mass is 496 g/mol. The third-order valence-electron chi connectivity index (χ3n) is 6.12. The zero-order valence-electron chi connectivity index (χ0n) is 20.8. The molecule has 4 rings (SSSR count). The van der Waals surface area contributed by atoms with Crippen molar-refractivity contribution in [3.63, 3.8) is 0 Å². The van der Waals surface area contributed by atoms with E-state index in [9.17, 15) is 13.2 Å². The molecule has 2 aromatic carbocycles. The van der Waals surface area contributed by atoms with Crippen molar-refractivity contribution in [1.29, 1.82) is 0 Å². The lowest BCUT2D eigenvalue weighted by Gasteiger charge is -2.35. The summed E-state index contributed by atoms with van der Waals surface area (Å²) in [4.78, 5) is 17.2. The molecule has 0 aliphatic carbocycles. The second kappa shape index (κ2) is 9.37. The van der Waals surface area contributed by atoms with E-state index in [1.807, 2.05) is 49.5 Å². The molecule has 1 aliphatic heterocycles. The van der Waals surface area contributed by atoms with Gasteiger partial charge in [-0.25, -0.2) is 13.4 Å². The number of anilines is 1. The second-order valence-corrected chi connectivity index (χ2v) is 11.9. The third-order valence-corrected chi connectivity index (χ3v) is 7.27. The van der Waals surface area contributed by atoms with Crippen LogP contribution in [-0.2, 0) is 33.3 Å². The molecule has 0 saturated heterocycles. The van der Waals surface area contributed by atoms with E-state index in [1.54, 1.807) is 12.3 Å². The van der Waals surface area contributed by atoms with Crippen LogP contribution >= 0.6 is 0 Å². The fraction of sp³-hybridized carbons (Fsp3) is 0.385. The first-order chi connectivity index (χ1) is 16.4. The number of sulfonamides is 1. The van der Waals surface area contributed by atoms with Crippen LogP contribution in [0.5, 0.6) is 5.75 Å². The third kappa shape index (κ3) is 5.67. The fourth-order valence-corrected chi connectivity index (χ4v) is 4.98. The van der Waals surface area contributed by atoms with Crippen molar-refractivity contribution >= 4 is 21.6 Å². The van der Waals surface area contributed by atoms with E-state index in [1.165, 1.54) is 4.31 Å². The molecule has 186 valence electrons. The van der Waals surface area contributed by atoms with Crippen LogP contribution in [0, 0.1) is 6.92 Å². The molecule has 1 aromatic heterocycles. The summed E-state index contributed by atoms with van der Waals surface area (Å²) in [6.07, 6.45) is 3.90. The zero-order valence-corrected chi connectivity index (χ0v) is 21.6. The lowest BCUT2D eigenvalue weighted by molar-refractivity contribution is -0.127. The van der Waals surface area contributed by atoms with Crippen molar-refractivity contribution < 1.29 is 17.9 Å². The smallest absolute Gasteiger partial charge is 0.263 e. The van der Waals surface area contributed by atoms with Gasteiger partial charge in [0.25, 0.3) is 5.91 Å². The minimum Gasteiger partial charge on any atom is -0.476 e. The van der Waals surface area contributed by atoms with Gasteiger partial charge in [-0.1, -0.05) is 51.1 Å². The number of hydrogen-bond donors (Lipinski definition) is 1. The molecule has 0 saturated carbocycles. The second-order valence-electron chi connectivity index (χ2n) is 9.97. The molecule has 0 bridgehead atoms. The van der Waals surface area contributed by atoms with E-state index < -0.39 is 16.1 Å². The van der Waals surface area contributed by atoms with Crippen molar-refractivity contribution in [1.82, 2.24) is 14.9 Å². The number of nitrogens with zero attached hydrogens (tertiary/aromatic N) is 3. The van der Waals surface area contributed by atoms with Gasteiger partial charge in [0.1, 0.15) is 11.6 Å². The van der Waals surface area contributed by atoms with E-state index in [0.29, 0.717) is 24.5 Å². The van der Waals surface area contributed by atoms with Crippen molar-refractivity contribution in [2.45, 2.75) is 52.3 Å². The first-order valence-electron chi connectivity index (χ1n) is 11.5. The Morgan fingerprint density at radius 2 is 1.91 bits per heavy atom. The SMILES string of the molecule is Cc1nccn1Cc1cccc(CNC(=O)C2CN(S(C)(=O)=O)c3cc(C(C)(C)C)ccc3O2)c1. The Balaban J connectivity index is 1.48. The van der Waals surface area contributed by atoms with E-state index in [4.69, 9.17) is 4.74 Å². The van der Waals surface area contributed by atoms with Crippen molar-refractivity contribution in [2.24, 2.45) is 0 Å². The maximum absolute atomic E-state index is 13.0. The normalized spacial score (nSPS) is 15.9. The van der Waals surface area contributed by atoms with Crippen LogP contribution in [0.3, 0.4) is 0 Å². The number of carbonyl (C=O) groups excluding carboxylic acids is 1. The summed E-state index contributed by atoms with van der Waals surface area (Å²) in [5.74, 6) is 0.955. The summed E-state index contributed by atoms with van der Waals surface area (Å²) in [6.45, 7) is 9.06. The minimum absolute atomic E-state index is 0.0782. The quantitative estimate of drug-likeness (QED) is 0.565. The molecule has 35 heavy (non-hydrogen) atoms. The number of imidazole rings is 1. The molecule has 1 atom stereocenters. The number of hydrogen-bond acceptors (Lipinski definition) is 5. The lowest BCUT2D eigenvalue weighted by Crippen LogP contribution is -2.50. The van der Waals surface area contributed by atoms with E-state index in [2.05, 4.69) is 35.6 Å². The minimum atomic E-state index is -3.60. The summed E-state index contributed by atoms with van der Waals surface area (Å²) < 4.78 is 34.4. The van der Waals surface area contributed by atoms with Gasteiger partial charge in [-0.3, -0.25) is 9.10 Å². The summed E-state index contributed by atoms with van der Waals surface area (Å²) in [5, 5.41) is 2.90. The number of carbonyl (C=O) groups is 1. The number of rotatable bonds is 6. The predicted molar refractivity (Wildman–Crippen MR) is 136 cm³/mol. The first-order valence-corrected chi connectivity index (χ1v) is 13.4. The van der Waals surface area contributed by atoms with E-state index in [-0.39, 0.29) is 17.9 Å². The molecule has 2 heterocycles. The van der Waals surface area contributed by atoms with Gasteiger partial charge in [-0.05, 0) is 41.2 Å². The molecule has 1 unspecified atom stereocenters. The summed E-state index contributed by atoms with van der Waals surface area (Å²) in [6, 6.07) is 13.4. The van der Waals surface area contributed by atoms with Gasteiger partial charge in [-0.2, -0.15) is 0 Å². The Morgan fingerprint density at radius 1 is 1.17 bits per heavy atom.